The van der Waals surface area contributed by atoms with E-state index in [0.717, 1.165) is 22.3 Å². The summed E-state index contributed by atoms with van der Waals surface area (Å²) >= 11 is 0. The fraction of sp³-hybridized carbons (Fsp3) is 0.300. The van der Waals surface area contributed by atoms with Crippen molar-refractivity contribution in [1.82, 2.24) is 25.1 Å². The molecule has 55 heavy (non-hydrogen) atoms. The second kappa shape index (κ2) is 16.4. The molecule has 290 valence electrons. The van der Waals surface area contributed by atoms with E-state index in [1.807, 2.05) is 115 Å². The van der Waals surface area contributed by atoms with Gasteiger partial charge in [0.2, 0.25) is 0 Å². The quantitative estimate of drug-likeness (QED) is 0.0466. The molecule has 3 atom stereocenters. The van der Waals surface area contributed by atoms with Crippen molar-refractivity contribution >= 4 is 7.36 Å². The van der Waals surface area contributed by atoms with Gasteiger partial charge >= 0.3 is 320 Å². The first-order chi connectivity index (χ1) is 26.3. The third-order valence-electron chi connectivity index (χ3n) is 9.88. The Bertz CT molecular complexity index is 2150. The van der Waals surface area contributed by atoms with Gasteiger partial charge in [0.1, 0.15) is 0 Å². The molecule has 1 fully saturated rings. The Labute approximate surface area is 319 Å². The second-order valence-electron chi connectivity index (χ2n) is 13.9. The van der Waals surface area contributed by atoms with Crippen LogP contribution in [0.4, 0.5) is 0 Å². The summed E-state index contributed by atoms with van der Waals surface area (Å²) < 4.78 is 19.1. The first-order valence-corrected chi connectivity index (χ1v) is 20.2. The minimum atomic E-state index is -5.55. The van der Waals surface area contributed by atoms with Crippen LogP contribution in [0.2, 0.25) is 0 Å². The van der Waals surface area contributed by atoms with Gasteiger partial charge in [-0.25, -0.2) is 0 Å². The van der Waals surface area contributed by atoms with E-state index in [1.165, 1.54) is 15.8 Å². The zero-order chi connectivity index (χ0) is 39.2. The van der Waals surface area contributed by atoms with Crippen LogP contribution in [0.1, 0.15) is 40.5 Å². The van der Waals surface area contributed by atoms with E-state index in [2.05, 4.69) is 15.5 Å². The number of methoxy groups -OCH3 is 1. The van der Waals surface area contributed by atoms with E-state index in [4.69, 9.17) is 14.0 Å². The first kappa shape index (κ1) is 39.6. The molecule has 1 aromatic heterocycles. The third-order valence-corrected chi connectivity index (χ3v) is 13.1. The molecule has 0 unspecified atom stereocenters. The summed E-state index contributed by atoms with van der Waals surface area (Å²) in [6.07, 6.45) is -1.96. The van der Waals surface area contributed by atoms with Gasteiger partial charge in [0.05, 0.1) is 0 Å². The molecule has 1 aliphatic rings. The normalized spacial score (nSPS) is 18.1. The van der Waals surface area contributed by atoms with Gasteiger partial charge in [-0.1, -0.05) is 0 Å². The van der Waals surface area contributed by atoms with Crippen molar-refractivity contribution in [3.05, 3.63) is 180 Å². The van der Waals surface area contributed by atoms with Crippen LogP contribution < -0.4 is 26.5 Å². The Hall–Kier alpha value is -5.05. The Morgan fingerprint density at radius 2 is 1.51 bits per heavy atom. The van der Waals surface area contributed by atoms with Crippen LogP contribution in [-0.4, -0.2) is 70.3 Å². The molecule has 5 aromatic rings. The maximum absolute atomic E-state index is 13.2. The number of hydrogen-bond acceptors (Lipinski definition) is 11. The molecule has 2 heterocycles. The average Bonchev–Trinajstić information content (AvgIpc) is 3.58. The molecule has 6 rings (SSSR count). The van der Waals surface area contributed by atoms with E-state index < -0.39 is 47.3 Å². The van der Waals surface area contributed by atoms with Crippen molar-refractivity contribution < 1.29 is 23.6 Å². The van der Waals surface area contributed by atoms with Crippen LogP contribution in [-0.2, 0) is 21.2 Å². The molecular weight excluding hydrogens is 723 g/mol. The molecule has 0 bridgehead atoms. The number of nitrogens with zero attached hydrogens (tertiary/aromatic N) is 3. The zero-order valence-corrected chi connectivity index (χ0v) is 32.1. The topological polar surface area (TPSA) is 173 Å². The first-order valence-electron chi connectivity index (χ1n) is 17.9. The molecular formula is C40H47N6O8P. The van der Waals surface area contributed by atoms with Crippen LogP contribution in [0.15, 0.2) is 131 Å². The van der Waals surface area contributed by atoms with Crippen LogP contribution in [0, 0.1) is 17.0 Å². The molecule has 1 aliphatic heterocycles. The van der Waals surface area contributed by atoms with Gasteiger partial charge < -0.3 is 0 Å². The predicted octanol–water partition coefficient (Wildman–Crippen LogP) is 4.90. The summed E-state index contributed by atoms with van der Waals surface area (Å²) in [6, 6.07) is 36.5. The van der Waals surface area contributed by atoms with Gasteiger partial charge in [-0.2, -0.15) is 0 Å². The van der Waals surface area contributed by atoms with Gasteiger partial charge in [-0.3, -0.25) is 0 Å². The number of rotatable bonds is 16. The number of aryl methyl sites for hydroxylation is 2. The Balaban J connectivity index is 1.46. The van der Waals surface area contributed by atoms with Crippen molar-refractivity contribution in [2.45, 2.75) is 43.7 Å². The van der Waals surface area contributed by atoms with Crippen LogP contribution in [0.5, 0.6) is 5.75 Å². The van der Waals surface area contributed by atoms with Gasteiger partial charge in [0, 0.05) is 0 Å². The van der Waals surface area contributed by atoms with E-state index in [0.29, 0.717) is 5.75 Å². The summed E-state index contributed by atoms with van der Waals surface area (Å²) in [6.45, 7) is 1.61. The summed E-state index contributed by atoms with van der Waals surface area (Å²) in [4.78, 5) is 53.6. The van der Waals surface area contributed by atoms with Gasteiger partial charge in [-0.15, -0.1) is 0 Å². The number of benzene rings is 4. The molecule has 14 nitrogen and oxygen atoms in total. The fourth-order valence-electron chi connectivity index (χ4n) is 7.19. The Morgan fingerprint density at radius 3 is 2.05 bits per heavy atom. The molecule has 15 heteroatoms. The summed E-state index contributed by atoms with van der Waals surface area (Å²) in [7, 11) is -0.856. The van der Waals surface area contributed by atoms with E-state index >= 15 is 0 Å². The molecule has 0 spiro atoms. The van der Waals surface area contributed by atoms with Crippen molar-refractivity contribution in [3.8, 4) is 5.75 Å². The molecule has 4 aromatic carbocycles. The van der Waals surface area contributed by atoms with Crippen molar-refractivity contribution in [2.75, 3.05) is 33.9 Å². The standard InChI is InChI=1S/C40H47N6O8P/c1-29-28-45(39(48)42-38(29)47)37-26-35(54-55(51,46(49)50,43-44(2)3)25-24-30-14-8-5-9-15-30)36(53-37)27-41-40(31-16-10-6-11-17-31,32-18-12-7-13-19-32)33-20-22-34(52-4)23-21-33/h5-23,28,35-37,41,43,51H,24-27H2,1-4H3,(H,42,47,48)/t35-,36+,37+/m0/s1. The molecule has 0 aliphatic carbocycles. The number of aromatic amines is 1. The summed E-state index contributed by atoms with van der Waals surface area (Å²) in [5.74, 6) is 0.675. The summed E-state index contributed by atoms with van der Waals surface area (Å²) in [5, 5.41) is 21.1. The molecule has 4 N–H and O–H groups in total. The van der Waals surface area contributed by atoms with Crippen LogP contribution in [0.3, 0.4) is 0 Å². The third kappa shape index (κ3) is 8.31. The zero-order valence-electron chi connectivity index (χ0n) is 31.2. The Morgan fingerprint density at radius 1 is 0.945 bits per heavy atom. The number of ether oxygens (including phenoxy) is 2. The van der Waals surface area contributed by atoms with Crippen molar-refractivity contribution in [1.29, 1.82) is 0 Å². The predicted molar refractivity (Wildman–Crippen MR) is 211 cm³/mol. The number of aromatic nitrogens is 2. The average molecular weight is 771 g/mol. The van der Waals surface area contributed by atoms with Gasteiger partial charge in [0.25, 0.3) is 0 Å². The van der Waals surface area contributed by atoms with E-state index in [1.54, 1.807) is 28.1 Å². The van der Waals surface area contributed by atoms with E-state index in [-0.39, 0.29) is 31.1 Å². The maximum atomic E-state index is 13.2. The van der Waals surface area contributed by atoms with E-state index in [9.17, 15) is 24.6 Å². The monoisotopic (exact) mass is 770 g/mol. The SMILES string of the molecule is COc1ccc(C(NC[C@H]2O[C@@H](n3cc(C)c(=O)[nH]c3=O)C[C@@H]2OP(O)(CCc2ccccc2)(NN(C)C)[N+](=O)[O-])(c2ccccc2)c2ccccc2)cc1. The van der Waals surface area contributed by atoms with Crippen molar-refractivity contribution in [3.63, 3.8) is 0 Å². The second-order valence-corrected chi connectivity index (χ2v) is 17.3. The molecule has 1 saturated heterocycles. The molecule has 0 radical (unpaired) electrons. The van der Waals surface area contributed by atoms with Crippen molar-refractivity contribution in [2.24, 2.45) is 0 Å². The minimum absolute atomic E-state index is 0.0406. The van der Waals surface area contributed by atoms with Gasteiger partial charge in [0.15, 0.2) is 0 Å². The molecule has 0 saturated carbocycles. The number of hydrogen-bond donors (Lipinski definition) is 4. The fourth-order valence-corrected chi connectivity index (χ4v) is 10.0. The Kier molecular flexibility index (Phi) is 11.8. The van der Waals surface area contributed by atoms with Crippen LogP contribution in [0.25, 0.3) is 0 Å². The summed E-state index contributed by atoms with van der Waals surface area (Å²) in [5.41, 5.74) is 1.48. The number of nitrogens with one attached hydrogen (secondary N) is 3. The van der Waals surface area contributed by atoms with Crippen LogP contribution >= 0.6 is 7.36 Å². The van der Waals surface area contributed by atoms with Gasteiger partial charge in [-0.05, 0) is 0 Å². The molecule has 0 amide bonds. The number of H-pyrrole nitrogens is 1. The number of hydrazine groups is 1. The number of nitro groups is 1.